The Morgan fingerprint density at radius 1 is 1.00 bits per heavy atom. The summed E-state index contributed by atoms with van der Waals surface area (Å²) in [6.45, 7) is 5.38. The van der Waals surface area contributed by atoms with Gasteiger partial charge in [0.25, 0.3) is 5.91 Å². The Labute approximate surface area is 167 Å². The first-order chi connectivity index (χ1) is 13.6. The Morgan fingerprint density at radius 3 is 2.18 bits per heavy atom. The number of ether oxygens (including phenoxy) is 2. The third-order valence-corrected chi connectivity index (χ3v) is 5.16. The van der Waals surface area contributed by atoms with Crippen molar-refractivity contribution in [3.63, 3.8) is 0 Å². The van der Waals surface area contributed by atoms with Gasteiger partial charge in [0.15, 0.2) is 0 Å². The number of amides is 1. The van der Waals surface area contributed by atoms with Crippen LogP contribution in [0.4, 0.5) is 0 Å². The number of methoxy groups -OCH3 is 1. The van der Waals surface area contributed by atoms with Crippen molar-refractivity contribution in [1.29, 1.82) is 0 Å². The van der Waals surface area contributed by atoms with Crippen molar-refractivity contribution in [2.24, 2.45) is 5.92 Å². The van der Waals surface area contributed by atoms with Gasteiger partial charge >= 0.3 is 0 Å². The zero-order valence-corrected chi connectivity index (χ0v) is 16.9. The van der Waals surface area contributed by atoms with Crippen LogP contribution in [-0.4, -0.2) is 30.1 Å². The van der Waals surface area contributed by atoms with E-state index >= 15 is 0 Å². The van der Waals surface area contributed by atoms with Gasteiger partial charge in [-0.2, -0.15) is 0 Å². The lowest BCUT2D eigenvalue weighted by molar-refractivity contribution is -0.137. The minimum Gasteiger partial charge on any atom is -0.501 e. The van der Waals surface area contributed by atoms with E-state index in [2.05, 4.69) is 38.1 Å². The molecule has 1 aliphatic heterocycles. The van der Waals surface area contributed by atoms with Crippen molar-refractivity contribution in [2.75, 3.05) is 7.11 Å². The molecule has 0 aliphatic carbocycles. The molecule has 2 aromatic rings. The average Bonchev–Trinajstić information content (AvgIpc) is 2.71. The summed E-state index contributed by atoms with van der Waals surface area (Å²) >= 11 is 0. The molecule has 0 bridgehead atoms. The van der Waals surface area contributed by atoms with Crippen molar-refractivity contribution in [1.82, 2.24) is 4.90 Å². The van der Waals surface area contributed by atoms with E-state index in [9.17, 15) is 4.79 Å². The highest BCUT2D eigenvalue weighted by Crippen LogP contribution is 2.29. The van der Waals surface area contributed by atoms with Crippen LogP contribution in [0.3, 0.4) is 0 Å². The van der Waals surface area contributed by atoms with Crippen LogP contribution in [0.25, 0.3) is 0 Å². The van der Waals surface area contributed by atoms with E-state index in [1.54, 1.807) is 13.2 Å². The highest BCUT2D eigenvalue weighted by atomic mass is 16.5. The fourth-order valence-electron chi connectivity index (χ4n) is 3.68. The zero-order chi connectivity index (χ0) is 19.9. The lowest BCUT2D eigenvalue weighted by Gasteiger charge is -2.41. The average molecular weight is 380 g/mol. The van der Waals surface area contributed by atoms with Gasteiger partial charge in [-0.25, -0.2) is 0 Å². The van der Waals surface area contributed by atoms with Gasteiger partial charge in [-0.15, -0.1) is 0 Å². The van der Waals surface area contributed by atoms with E-state index in [1.807, 2.05) is 41.3 Å². The summed E-state index contributed by atoms with van der Waals surface area (Å²) in [6, 6.07) is 20.2. The molecule has 1 unspecified atom stereocenters. The number of carbonyl (C=O) groups is 1. The van der Waals surface area contributed by atoms with Gasteiger partial charge in [0.05, 0.1) is 25.9 Å². The number of benzene rings is 2. The largest absolute Gasteiger partial charge is 0.501 e. The second-order valence-electron chi connectivity index (χ2n) is 7.54. The minimum absolute atomic E-state index is 0.0223. The van der Waals surface area contributed by atoms with Crippen LogP contribution in [-0.2, 0) is 27.4 Å². The Morgan fingerprint density at radius 2 is 1.61 bits per heavy atom. The molecule has 4 heteroatoms. The standard InChI is InChI=1S/C24H29NO3/c1-18(2)24(28-17-20-12-8-5-9-13-20)22-14-21(27-3)15-23(26)25(22)16-19-10-6-4-7-11-19/h4-13,15,18,22,24H,14,16-17H2,1-3H3/t22?,24-/m0/s1. The molecule has 148 valence electrons. The summed E-state index contributed by atoms with van der Waals surface area (Å²) in [5.41, 5.74) is 2.24. The molecule has 2 aromatic carbocycles. The number of carbonyl (C=O) groups excluding carboxylic acids is 1. The molecule has 0 saturated heterocycles. The smallest absolute Gasteiger partial charge is 0.250 e. The van der Waals surface area contributed by atoms with Crippen LogP contribution in [0.15, 0.2) is 72.5 Å². The summed E-state index contributed by atoms with van der Waals surface area (Å²) in [6.07, 6.45) is 2.17. The van der Waals surface area contributed by atoms with Gasteiger partial charge in [0, 0.05) is 19.0 Å². The van der Waals surface area contributed by atoms with Gasteiger partial charge in [0.1, 0.15) is 5.76 Å². The molecule has 0 spiro atoms. The van der Waals surface area contributed by atoms with Crippen LogP contribution in [0.5, 0.6) is 0 Å². The lowest BCUT2D eigenvalue weighted by atomic mass is 9.92. The molecule has 3 rings (SSSR count). The SMILES string of the molecule is COC1=CC(=O)N(Cc2ccccc2)C([C@@H](OCc2ccccc2)C(C)C)C1. The quantitative estimate of drug-likeness (QED) is 0.675. The molecule has 1 aliphatic rings. The fraction of sp³-hybridized carbons (Fsp3) is 0.375. The first-order valence-corrected chi connectivity index (χ1v) is 9.83. The third-order valence-electron chi connectivity index (χ3n) is 5.16. The van der Waals surface area contributed by atoms with E-state index in [1.165, 1.54) is 0 Å². The molecule has 4 nitrogen and oxygen atoms in total. The van der Waals surface area contributed by atoms with Crippen molar-refractivity contribution in [3.05, 3.63) is 83.6 Å². The van der Waals surface area contributed by atoms with E-state index in [-0.39, 0.29) is 24.0 Å². The van der Waals surface area contributed by atoms with Gasteiger partial charge in [-0.05, 0) is 17.0 Å². The number of hydrogen-bond donors (Lipinski definition) is 0. The Kier molecular flexibility index (Phi) is 6.88. The molecule has 0 fully saturated rings. The first-order valence-electron chi connectivity index (χ1n) is 9.83. The van der Waals surface area contributed by atoms with Crippen molar-refractivity contribution < 1.29 is 14.3 Å². The monoisotopic (exact) mass is 379 g/mol. The van der Waals surface area contributed by atoms with E-state index in [0.29, 0.717) is 25.3 Å². The van der Waals surface area contributed by atoms with Crippen LogP contribution in [0.2, 0.25) is 0 Å². The lowest BCUT2D eigenvalue weighted by Crippen LogP contribution is -2.51. The Bertz CT molecular complexity index is 786. The number of rotatable bonds is 8. The third kappa shape index (κ3) is 5.02. The second-order valence-corrected chi connectivity index (χ2v) is 7.54. The summed E-state index contributed by atoms with van der Waals surface area (Å²) in [7, 11) is 1.62. The van der Waals surface area contributed by atoms with Crippen LogP contribution in [0.1, 0.15) is 31.4 Å². The molecular formula is C24H29NO3. The van der Waals surface area contributed by atoms with E-state index in [4.69, 9.17) is 9.47 Å². The van der Waals surface area contributed by atoms with Gasteiger partial charge < -0.3 is 14.4 Å². The second kappa shape index (κ2) is 9.56. The van der Waals surface area contributed by atoms with Gasteiger partial charge in [0.2, 0.25) is 0 Å². The molecule has 0 aromatic heterocycles. The predicted octanol–water partition coefficient (Wildman–Crippen LogP) is 4.56. The van der Waals surface area contributed by atoms with Crippen molar-refractivity contribution in [2.45, 2.75) is 45.6 Å². The van der Waals surface area contributed by atoms with E-state index < -0.39 is 0 Å². The molecule has 0 radical (unpaired) electrons. The number of nitrogens with zero attached hydrogens (tertiary/aromatic N) is 1. The molecule has 0 saturated carbocycles. The number of hydrogen-bond acceptors (Lipinski definition) is 3. The van der Waals surface area contributed by atoms with Crippen molar-refractivity contribution >= 4 is 5.91 Å². The first kappa shape index (κ1) is 20.2. The normalized spacial score (nSPS) is 18.1. The maximum Gasteiger partial charge on any atom is 0.250 e. The maximum atomic E-state index is 12.9. The Balaban J connectivity index is 1.83. The molecule has 0 N–H and O–H groups in total. The molecule has 1 amide bonds. The van der Waals surface area contributed by atoms with Gasteiger partial charge in [-0.3, -0.25) is 4.79 Å². The van der Waals surface area contributed by atoms with Gasteiger partial charge in [-0.1, -0.05) is 74.5 Å². The summed E-state index contributed by atoms with van der Waals surface area (Å²) < 4.78 is 11.8. The minimum atomic E-state index is -0.0910. The highest BCUT2D eigenvalue weighted by Gasteiger charge is 2.37. The van der Waals surface area contributed by atoms with Crippen molar-refractivity contribution in [3.8, 4) is 0 Å². The highest BCUT2D eigenvalue weighted by molar-refractivity contribution is 5.89. The molecule has 28 heavy (non-hydrogen) atoms. The topological polar surface area (TPSA) is 38.8 Å². The summed E-state index contributed by atoms with van der Waals surface area (Å²) in [4.78, 5) is 14.8. The summed E-state index contributed by atoms with van der Waals surface area (Å²) in [5, 5.41) is 0. The van der Waals surface area contributed by atoms with Crippen LogP contribution < -0.4 is 0 Å². The molecule has 2 atom stereocenters. The fourth-order valence-corrected chi connectivity index (χ4v) is 3.68. The van der Waals surface area contributed by atoms with E-state index in [0.717, 1.165) is 11.1 Å². The van der Waals surface area contributed by atoms with Crippen LogP contribution in [0, 0.1) is 5.92 Å². The summed E-state index contributed by atoms with van der Waals surface area (Å²) in [5.74, 6) is 0.954. The Hall–Kier alpha value is -2.59. The predicted molar refractivity (Wildman–Crippen MR) is 110 cm³/mol. The molecule has 1 heterocycles. The maximum absolute atomic E-state index is 12.9. The molecular weight excluding hydrogens is 350 g/mol. The van der Waals surface area contributed by atoms with Crippen LogP contribution >= 0.6 is 0 Å². The zero-order valence-electron chi connectivity index (χ0n) is 16.9.